The highest BCUT2D eigenvalue weighted by atomic mass is 32.1. The quantitative estimate of drug-likeness (QED) is 0.815. The lowest BCUT2D eigenvalue weighted by Crippen LogP contribution is -2.04. The summed E-state index contributed by atoms with van der Waals surface area (Å²) in [5.74, 6) is 0.674. The van der Waals surface area contributed by atoms with E-state index < -0.39 is 0 Å². The van der Waals surface area contributed by atoms with Gasteiger partial charge in [-0.05, 0) is 19.8 Å². The minimum absolute atomic E-state index is 0.0923. The number of aryl methyl sites for hydroxylation is 1. The lowest BCUT2D eigenvalue weighted by Gasteiger charge is -2.18. The molecule has 1 saturated carbocycles. The summed E-state index contributed by atoms with van der Waals surface area (Å²) in [6, 6.07) is 0. The van der Waals surface area contributed by atoms with Crippen molar-refractivity contribution < 1.29 is 5.11 Å². The van der Waals surface area contributed by atoms with E-state index in [4.69, 9.17) is 5.11 Å². The van der Waals surface area contributed by atoms with Gasteiger partial charge in [-0.3, -0.25) is 0 Å². The van der Waals surface area contributed by atoms with Crippen LogP contribution in [0.2, 0.25) is 0 Å². The van der Waals surface area contributed by atoms with Gasteiger partial charge in [0, 0.05) is 10.8 Å². The Bertz CT molecular complexity index is 302. The van der Waals surface area contributed by atoms with E-state index in [1.807, 2.05) is 0 Å². The van der Waals surface area contributed by atoms with Crippen molar-refractivity contribution in [1.29, 1.82) is 0 Å². The second-order valence-electron chi connectivity index (χ2n) is 4.05. The molecule has 0 aromatic carbocycles. The fraction of sp³-hybridized carbons (Fsp3) is 0.727. The molecule has 3 heteroatoms. The highest BCUT2D eigenvalue weighted by molar-refractivity contribution is 7.11. The third-order valence-corrected chi connectivity index (χ3v) is 4.19. The minimum Gasteiger partial charge on any atom is -0.390 e. The van der Waals surface area contributed by atoms with Crippen molar-refractivity contribution in [3.63, 3.8) is 0 Å². The van der Waals surface area contributed by atoms with Gasteiger partial charge in [-0.2, -0.15) is 0 Å². The van der Waals surface area contributed by atoms with Crippen molar-refractivity contribution >= 4 is 11.3 Å². The van der Waals surface area contributed by atoms with Crippen molar-refractivity contribution in [3.05, 3.63) is 15.6 Å². The maximum Gasteiger partial charge on any atom is 0.0962 e. The summed E-state index contributed by atoms with van der Waals surface area (Å²) in [6.45, 7) is 2.14. The fourth-order valence-electron chi connectivity index (χ4n) is 2.12. The van der Waals surface area contributed by atoms with Crippen LogP contribution in [0.5, 0.6) is 0 Å². The summed E-state index contributed by atoms with van der Waals surface area (Å²) in [5.41, 5.74) is 0.885. The van der Waals surface area contributed by atoms with Gasteiger partial charge in [0.05, 0.1) is 17.3 Å². The van der Waals surface area contributed by atoms with Crippen molar-refractivity contribution in [2.24, 2.45) is 0 Å². The van der Waals surface area contributed by atoms with E-state index in [9.17, 15) is 0 Å². The Labute approximate surface area is 89.0 Å². The Hall–Kier alpha value is -0.410. The van der Waals surface area contributed by atoms with E-state index >= 15 is 0 Å². The number of aliphatic hydroxyl groups excluding tert-OH is 1. The average molecular weight is 211 g/mol. The zero-order valence-corrected chi connectivity index (χ0v) is 9.44. The summed E-state index contributed by atoms with van der Waals surface area (Å²) < 4.78 is 0. The van der Waals surface area contributed by atoms with Crippen LogP contribution < -0.4 is 0 Å². The van der Waals surface area contributed by atoms with E-state index in [1.165, 1.54) is 42.0 Å². The van der Waals surface area contributed by atoms with Crippen LogP contribution >= 0.6 is 11.3 Å². The first-order valence-electron chi connectivity index (χ1n) is 5.38. The molecule has 1 aromatic rings. The number of hydrogen-bond donors (Lipinski definition) is 1. The number of nitrogens with zero attached hydrogens (tertiary/aromatic N) is 1. The molecular weight excluding hydrogens is 194 g/mol. The van der Waals surface area contributed by atoms with Gasteiger partial charge >= 0.3 is 0 Å². The van der Waals surface area contributed by atoms with E-state index in [0.717, 1.165) is 5.69 Å². The van der Waals surface area contributed by atoms with Crippen molar-refractivity contribution in [2.75, 3.05) is 0 Å². The van der Waals surface area contributed by atoms with Crippen LogP contribution in [0.3, 0.4) is 0 Å². The molecule has 0 bridgehead atoms. The first-order chi connectivity index (χ1) is 6.81. The molecule has 0 saturated heterocycles. The largest absolute Gasteiger partial charge is 0.390 e. The third kappa shape index (κ3) is 1.98. The Morgan fingerprint density at radius 3 is 2.64 bits per heavy atom. The minimum atomic E-state index is 0.0923. The molecular formula is C11H17NOS. The van der Waals surface area contributed by atoms with Gasteiger partial charge < -0.3 is 5.11 Å². The molecule has 0 spiro atoms. The molecule has 78 valence electrons. The Morgan fingerprint density at radius 2 is 2.07 bits per heavy atom. The van der Waals surface area contributed by atoms with Gasteiger partial charge in [-0.15, -0.1) is 11.3 Å². The highest BCUT2D eigenvalue weighted by Gasteiger charge is 2.19. The molecule has 0 unspecified atom stereocenters. The number of aromatic nitrogens is 1. The maximum atomic E-state index is 9.07. The molecule has 1 aromatic heterocycles. The van der Waals surface area contributed by atoms with Crippen molar-refractivity contribution in [3.8, 4) is 0 Å². The Balaban J connectivity index is 2.14. The van der Waals surface area contributed by atoms with Crippen LogP contribution in [0, 0.1) is 6.92 Å². The molecule has 1 heterocycles. The zero-order valence-electron chi connectivity index (χ0n) is 8.62. The van der Waals surface area contributed by atoms with Crippen molar-refractivity contribution in [2.45, 2.75) is 51.6 Å². The van der Waals surface area contributed by atoms with Crippen LogP contribution in [0.15, 0.2) is 0 Å². The normalized spacial score (nSPS) is 18.7. The molecule has 1 fully saturated rings. The summed E-state index contributed by atoms with van der Waals surface area (Å²) in [6.07, 6.45) is 6.65. The standard InChI is InChI=1S/C11H17NOS/c1-8-10(7-13)12-11(14-8)9-5-3-2-4-6-9/h9,13H,2-7H2,1H3. The molecule has 0 amide bonds. The highest BCUT2D eigenvalue weighted by Crippen LogP contribution is 2.35. The van der Waals surface area contributed by atoms with E-state index in [-0.39, 0.29) is 6.61 Å². The van der Waals surface area contributed by atoms with Gasteiger partial charge in [0.1, 0.15) is 0 Å². The van der Waals surface area contributed by atoms with E-state index in [0.29, 0.717) is 5.92 Å². The first kappa shape index (κ1) is 10.1. The van der Waals surface area contributed by atoms with Gasteiger partial charge in [0.2, 0.25) is 0 Å². The maximum absolute atomic E-state index is 9.07. The topological polar surface area (TPSA) is 33.1 Å². The van der Waals surface area contributed by atoms with Crippen LogP contribution in [-0.2, 0) is 6.61 Å². The van der Waals surface area contributed by atoms with Gasteiger partial charge in [0.25, 0.3) is 0 Å². The Morgan fingerprint density at radius 1 is 1.36 bits per heavy atom. The third-order valence-electron chi connectivity index (χ3n) is 3.01. The molecule has 1 N–H and O–H groups in total. The number of rotatable bonds is 2. The molecule has 0 aliphatic heterocycles. The lowest BCUT2D eigenvalue weighted by molar-refractivity contribution is 0.276. The molecule has 14 heavy (non-hydrogen) atoms. The lowest BCUT2D eigenvalue weighted by atomic mass is 9.90. The molecule has 2 nitrogen and oxygen atoms in total. The monoisotopic (exact) mass is 211 g/mol. The number of thiazole rings is 1. The Kier molecular flexibility index (Phi) is 3.19. The molecule has 0 radical (unpaired) electrons. The van der Waals surface area contributed by atoms with E-state index in [2.05, 4.69) is 11.9 Å². The molecule has 2 rings (SSSR count). The summed E-state index contributed by atoms with van der Waals surface area (Å²) in [5, 5.41) is 10.3. The van der Waals surface area contributed by atoms with Gasteiger partial charge in [-0.1, -0.05) is 19.3 Å². The average Bonchev–Trinajstić information content (AvgIpc) is 2.61. The second-order valence-corrected chi connectivity index (χ2v) is 5.28. The van der Waals surface area contributed by atoms with Gasteiger partial charge in [-0.25, -0.2) is 4.98 Å². The first-order valence-corrected chi connectivity index (χ1v) is 6.20. The predicted octanol–water partition coefficient (Wildman–Crippen LogP) is 2.99. The second kappa shape index (κ2) is 4.41. The summed E-state index contributed by atoms with van der Waals surface area (Å²) in [7, 11) is 0. The van der Waals surface area contributed by atoms with Crippen LogP contribution in [0.1, 0.15) is 53.6 Å². The van der Waals surface area contributed by atoms with E-state index in [1.54, 1.807) is 11.3 Å². The fourth-order valence-corrected chi connectivity index (χ4v) is 3.22. The SMILES string of the molecule is Cc1sc(C2CCCCC2)nc1CO. The molecule has 1 aliphatic carbocycles. The van der Waals surface area contributed by atoms with Crippen LogP contribution in [-0.4, -0.2) is 10.1 Å². The smallest absolute Gasteiger partial charge is 0.0962 e. The molecule has 1 aliphatic rings. The van der Waals surface area contributed by atoms with Crippen LogP contribution in [0.4, 0.5) is 0 Å². The van der Waals surface area contributed by atoms with Crippen molar-refractivity contribution in [1.82, 2.24) is 4.98 Å². The predicted molar refractivity (Wildman–Crippen MR) is 58.6 cm³/mol. The molecule has 0 atom stereocenters. The summed E-state index contributed by atoms with van der Waals surface area (Å²) in [4.78, 5) is 5.71. The zero-order chi connectivity index (χ0) is 9.97. The van der Waals surface area contributed by atoms with Gasteiger partial charge in [0.15, 0.2) is 0 Å². The van der Waals surface area contributed by atoms with Crippen LogP contribution in [0.25, 0.3) is 0 Å². The number of aliphatic hydroxyl groups is 1. The number of hydrogen-bond acceptors (Lipinski definition) is 3. The summed E-state index contributed by atoms with van der Waals surface area (Å²) >= 11 is 1.77.